The molecule has 2 nitrogen and oxygen atoms in total. The van der Waals surface area contributed by atoms with Crippen LogP contribution in [0, 0.1) is 5.92 Å². The van der Waals surface area contributed by atoms with Gasteiger partial charge in [-0.2, -0.15) is 0 Å². The van der Waals surface area contributed by atoms with Crippen LogP contribution >= 0.6 is 0 Å². The summed E-state index contributed by atoms with van der Waals surface area (Å²) in [6, 6.07) is 12.4. The molecule has 1 saturated heterocycles. The van der Waals surface area contributed by atoms with E-state index < -0.39 is 0 Å². The maximum atomic E-state index is 3.69. The van der Waals surface area contributed by atoms with Crippen molar-refractivity contribution < 1.29 is 0 Å². The first kappa shape index (κ1) is 11.2. The van der Waals surface area contributed by atoms with Crippen LogP contribution in [0.25, 0.3) is 0 Å². The van der Waals surface area contributed by atoms with Crippen LogP contribution in [0.4, 0.5) is 0 Å². The van der Waals surface area contributed by atoms with Crippen LogP contribution in [0.1, 0.15) is 30.9 Å². The molecule has 2 aliphatic rings. The van der Waals surface area contributed by atoms with Crippen molar-refractivity contribution in [2.45, 2.75) is 31.3 Å². The van der Waals surface area contributed by atoms with Gasteiger partial charge in [-0.3, -0.25) is 4.90 Å². The highest BCUT2D eigenvalue weighted by molar-refractivity contribution is 5.21. The summed E-state index contributed by atoms with van der Waals surface area (Å²) >= 11 is 0. The Balaban J connectivity index is 1.69. The Bertz CT molecular complexity index is 358. The molecule has 92 valence electrons. The Morgan fingerprint density at radius 1 is 1.18 bits per heavy atom. The highest BCUT2D eigenvalue weighted by atomic mass is 15.2. The number of nitrogens with one attached hydrogen (secondary N) is 1. The molecule has 1 aliphatic heterocycles. The van der Waals surface area contributed by atoms with Crippen molar-refractivity contribution in [3.63, 3.8) is 0 Å². The molecular weight excluding hydrogens is 208 g/mol. The van der Waals surface area contributed by atoms with Gasteiger partial charge in [0.25, 0.3) is 0 Å². The van der Waals surface area contributed by atoms with Crippen molar-refractivity contribution in [1.82, 2.24) is 10.2 Å². The van der Waals surface area contributed by atoms with E-state index in [1.165, 1.54) is 37.9 Å². The predicted octanol–water partition coefficient (Wildman–Crippen LogP) is 2.43. The molecule has 1 heterocycles. The van der Waals surface area contributed by atoms with Crippen molar-refractivity contribution in [2.75, 3.05) is 20.1 Å². The number of nitrogens with zero attached hydrogens (tertiary/aromatic N) is 1. The highest BCUT2D eigenvalue weighted by Gasteiger charge is 2.33. The molecule has 2 fully saturated rings. The molecular formula is C15H22N2. The molecule has 2 heteroatoms. The fourth-order valence-electron chi connectivity index (χ4n) is 3.02. The van der Waals surface area contributed by atoms with E-state index in [9.17, 15) is 0 Å². The van der Waals surface area contributed by atoms with Gasteiger partial charge in [0.1, 0.15) is 0 Å². The fourth-order valence-corrected chi connectivity index (χ4v) is 3.02. The highest BCUT2D eigenvalue weighted by Crippen LogP contribution is 2.36. The SMILES string of the molecule is CN1CCC(CNC2CC2)C1c1ccccc1. The van der Waals surface area contributed by atoms with Gasteiger partial charge >= 0.3 is 0 Å². The molecule has 1 aromatic carbocycles. The molecule has 0 bridgehead atoms. The molecule has 1 N–H and O–H groups in total. The Kier molecular flexibility index (Phi) is 3.17. The Morgan fingerprint density at radius 3 is 2.65 bits per heavy atom. The van der Waals surface area contributed by atoms with Gasteiger partial charge in [0.15, 0.2) is 0 Å². The summed E-state index contributed by atoms with van der Waals surface area (Å²) in [6.07, 6.45) is 4.10. The predicted molar refractivity (Wildman–Crippen MR) is 70.9 cm³/mol. The quantitative estimate of drug-likeness (QED) is 0.854. The number of rotatable bonds is 4. The van der Waals surface area contributed by atoms with Crippen LogP contribution in [0.2, 0.25) is 0 Å². The summed E-state index contributed by atoms with van der Waals surface area (Å²) < 4.78 is 0. The molecule has 2 unspecified atom stereocenters. The van der Waals surface area contributed by atoms with Gasteiger partial charge in [-0.05, 0) is 44.3 Å². The molecule has 2 atom stereocenters. The number of benzene rings is 1. The van der Waals surface area contributed by atoms with Gasteiger partial charge < -0.3 is 5.32 Å². The standard InChI is InChI=1S/C15H22N2/c1-17-10-9-13(11-16-14-7-8-14)15(17)12-5-3-2-4-6-12/h2-6,13-16H,7-11H2,1H3. The van der Waals surface area contributed by atoms with E-state index in [0.717, 1.165) is 12.0 Å². The molecule has 0 amide bonds. The van der Waals surface area contributed by atoms with Crippen molar-refractivity contribution >= 4 is 0 Å². The average molecular weight is 230 g/mol. The second kappa shape index (κ2) is 4.79. The normalized spacial score (nSPS) is 29.7. The molecule has 3 rings (SSSR count). The Hall–Kier alpha value is -0.860. The number of hydrogen-bond donors (Lipinski definition) is 1. The van der Waals surface area contributed by atoms with Crippen LogP contribution < -0.4 is 5.32 Å². The summed E-state index contributed by atoms with van der Waals surface area (Å²) in [5.74, 6) is 0.781. The maximum Gasteiger partial charge on any atom is 0.0385 e. The Morgan fingerprint density at radius 2 is 1.94 bits per heavy atom. The van der Waals surface area contributed by atoms with Crippen LogP contribution in [0.3, 0.4) is 0 Å². The van der Waals surface area contributed by atoms with E-state index in [4.69, 9.17) is 0 Å². The van der Waals surface area contributed by atoms with Crippen molar-refractivity contribution in [3.8, 4) is 0 Å². The van der Waals surface area contributed by atoms with E-state index in [1.54, 1.807) is 0 Å². The van der Waals surface area contributed by atoms with Gasteiger partial charge in [0, 0.05) is 18.6 Å². The first-order valence-corrected chi connectivity index (χ1v) is 6.83. The lowest BCUT2D eigenvalue weighted by Crippen LogP contribution is -2.29. The summed E-state index contributed by atoms with van der Waals surface area (Å²) in [5.41, 5.74) is 1.48. The molecule has 1 aliphatic carbocycles. The maximum absolute atomic E-state index is 3.69. The van der Waals surface area contributed by atoms with E-state index in [-0.39, 0.29) is 0 Å². The van der Waals surface area contributed by atoms with Gasteiger partial charge in [-0.1, -0.05) is 30.3 Å². The fraction of sp³-hybridized carbons (Fsp3) is 0.600. The molecule has 0 spiro atoms. The first-order valence-electron chi connectivity index (χ1n) is 6.83. The lowest BCUT2D eigenvalue weighted by molar-refractivity contribution is 0.272. The van der Waals surface area contributed by atoms with Crippen LogP contribution in [0.5, 0.6) is 0 Å². The minimum Gasteiger partial charge on any atom is -0.314 e. The van der Waals surface area contributed by atoms with Gasteiger partial charge in [-0.15, -0.1) is 0 Å². The number of hydrogen-bond acceptors (Lipinski definition) is 2. The van der Waals surface area contributed by atoms with Crippen molar-refractivity contribution in [1.29, 1.82) is 0 Å². The molecule has 17 heavy (non-hydrogen) atoms. The third-order valence-electron chi connectivity index (χ3n) is 4.16. The average Bonchev–Trinajstić information content (AvgIpc) is 3.11. The lowest BCUT2D eigenvalue weighted by atomic mass is 9.94. The van der Waals surface area contributed by atoms with Gasteiger partial charge in [0.2, 0.25) is 0 Å². The van der Waals surface area contributed by atoms with Crippen LogP contribution in [-0.4, -0.2) is 31.1 Å². The van der Waals surface area contributed by atoms with Crippen molar-refractivity contribution in [3.05, 3.63) is 35.9 Å². The third-order valence-corrected chi connectivity index (χ3v) is 4.16. The minimum atomic E-state index is 0.613. The van der Waals surface area contributed by atoms with Crippen LogP contribution in [0.15, 0.2) is 30.3 Å². The third kappa shape index (κ3) is 2.53. The zero-order chi connectivity index (χ0) is 11.7. The molecule has 0 radical (unpaired) electrons. The van der Waals surface area contributed by atoms with E-state index in [0.29, 0.717) is 6.04 Å². The van der Waals surface area contributed by atoms with E-state index in [2.05, 4.69) is 47.6 Å². The summed E-state index contributed by atoms with van der Waals surface area (Å²) in [4.78, 5) is 2.51. The van der Waals surface area contributed by atoms with Gasteiger partial charge in [0.05, 0.1) is 0 Å². The van der Waals surface area contributed by atoms with Gasteiger partial charge in [-0.25, -0.2) is 0 Å². The second-order valence-electron chi connectivity index (χ2n) is 5.57. The Labute approximate surface area is 104 Å². The second-order valence-corrected chi connectivity index (χ2v) is 5.57. The first-order chi connectivity index (χ1) is 8.34. The molecule has 0 aromatic heterocycles. The monoisotopic (exact) mass is 230 g/mol. The summed E-state index contributed by atoms with van der Waals surface area (Å²) in [5, 5.41) is 3.69. The van der Waals surface area contributed by atoms with Crippen LogP contribution in [-0.2, 0) is 0 Å². The molecule has 1 saturated carbocycles. The van der Waals surface area contributed by atoms with E-state index >= 15 is 0 Å². The number of likely N-dealkylation sites (tertiary alicyclic amines) is 1. The van der Waals surface area contributed by atoms with E-state index in [1.807, 2.05) is 0 Å². The minimum absolute atomic E-state index is 0.613. The summed E-state index contributed by atoms with van der Waals surface area (Å²) in [7, 11) is 2.26. The zero-order valence-electron chi connectivity index (χ0n) is 10.6. The summed E-state index contributed by atoms with van der Waals surface area (Å²) in [6.45, 7) is 2.42. The zero-order valence-corrected chi connectivity index (χ0v) is 10.6. The topological polar surface area (TPSA) is 15.3 Å². The lowest BCUT2D eigenvalue weighted by Gasteiger charge is -2.25. The smallest absolute Gasteiger partial charge is 0.0385 e. The van der Waals surface area contributed by atoms with Crippen molar-refractivity contribution in [2.24, 2.45) is 5.92 Å². The largest absolute Gasteiger partial charge is 0.314 e. The molecule has 1 aromatic rings.